The number of rotatable bonds is 3. The maximum absolute atomic E-state index is 12.9. The van der Waals surface area contributed by atoms with Gasteiger partial charge >= 0.3 is 0 Å². The van der Waals surface area contributed by atoms with Gasteiger partial charge in [-0.2, -0.15) is 15.0 Å². The second-order valence-corrected chi connectivity index (χ2v) is 5.38. The molecule has 1 aliphatic heterocycles. The molecule has 7 heteroatoms. The Kier molecular flexibility index (Phi) is 3.91. The highest BCUT2D eigenvalue weighted by molar-refractivity contribution is 5.98. The third kappa shape index (κ3) is 2.60. The Morgan fingerprint density at radius 3 is 2.82 bits per heavy atom. The molecular weight excluding hydrogens is 284 g/mol. The summed E-state index contributed by atoms with van der Waals surface area (Å²) in [5.41, 5.74) is 2.07. The first-order chi connectivity index (χ1) is 10.6. The van der Waals surface area contributed by atoms with Crippen molar-refractivity contribution in [3.05, 3.63) is 41.7 Å². The molecule has 2 heterocycles. The number of aliphatic hydroxyl groups excluding tert-OH is 1. The molecule has 1 fully saturated rings. The average Bonchev–Trinajstić information content (AvgIpc) is 3.15. The first-order valence-electron chi connectivity index (χ1n) is 7.15. The Morgan fingerprint density at radius 2 is 2.14 bits per heavy atom. The number of amides is 1. The van der Waals surface area contributed by atoms with Crippen LogP contribution in [0.1, 0.15) is 22.8 Å². The summed E-state index contributed by atoms with van der Waals surface area (Å²) in [6.07, 6.45) is 2.41. The number of ether oxygens (including phenoxy) is 1. The lowest BCUT2D eigenvalue weighted by atomic mass is 10.1. The predicted molar refractivity (Wildman–Crippen MR) is 78.6 cm³/mol. The zero-order valence-electron chi connectivity index (χ0n) is 12.5. The molecular formula is C15H18N4O3. The van der Waals surface area contributed by atoms with Crippen molar-refractivity contribution in [1.29, 1.82) is 0 Å². The van der Waals surface area contributed by atoms with E-state index in [9.17, 15) is 9.90 Å². The van der Waals surface area contributed by atoms with Gasteiger partial charge in [0.25, 0.3) is 5.91 Å². The summed E-state index contributed by atoms with van der Waals surface area (Å²) in [7, 11) is 0. The first kappa shape index (κ1) is 14.7. The van der Waals surface area contributed by atoms with Crippen molar-refractivity contribution < 1.29 is 14.6 Å². The van der Waals surface area contributed by atoms with Crippen molar-refractivity contribution in [2.24, 2.45) is 0 Å². The fourth-order valence-electron chi connectivity index (χ4n) is 2.62. The quantitative estimate of drug-likeness (QED) is 0.905. The molecule has 7 nitrogen and oxygen atoms in total. The number of carbonyl (C=O) groups is 1. The molecule has 2 atom stereocenters. The van der Waals surface area contributed by atoms with E-state index >= 15 is 0 Å². The second kappa shape index (κ2) is 5.86. The molecule has 1 aliphatic rings. The third-order valence-electron chi connectivity index (χ3n) is 3.62. The molecule has 1 N–H and O–H groups in total. The third-order valence-corrected chi connectivity index (χ3v) is 3.62. The van der Waals surface area contributed by atoms with Crippen molar-refractivity contribution in [3.8, 4) is 5.69 Å². The van der Waals surface area contributed by atoms with Crippen LogP contribution in [0.2, 0.25) is 0 Å². The van der Waals surface area contributed by atoms with Crippen LogP contribution < -0.4 is 0 Å². The lowest BCUT2D eigenvalue weighted by molar-refractivity contribution is -0.0239. The van der Waals surface area contributed by atoms with E-state index in [4.69, 9.17) is 4.74 Å². The van der Waals surface area contributed by atoms with Crippen LogP contribution in [0.3, 0.4) is 0 Å². The molecule has 1 aromatic carbocycles. The molecule has 22 heavy (non-hydrogen) atoms. The molecule has 1 aromatic heterocycles. The van der Waals surface area contributed by atoms with Crippen LogP contribution in [0, 0.1) is 6.92 Å². The van der Waals surface area contributed by atoms with Crippen LogP contribution >= 0.6 is 0 Å². The minimum atomic E-state index is -0.610. The van der Waals surface area contributed by atoms with E-state index in [0.717, 1.165) is 5.56 Å². The largest absolute Gasteiger partial charge is 0.392 e. The van der Waals surface area contributed by atoms with E-state index in [-0.39, 0.29) is 18.6 Å². The van der Waals surface area contributed by atoms with Gasteiger partial charge in [0.1, 0.15) is 0 Å². The number of aliphatic hydroxyl groups is 1. The van der Waals surface area contributed by atoms with Crippen molar-refractivity contribution in [1.82, 2.24) is 19.9 Å². The van der Waals surface area contributed by atoms with Crippen LogP contribution in [0.5, 0.6) is 0 Å². The molecule has 0 spiro atoms. The van der Waals surface area contributed by atoms with Gasteiger partial charge in [0.05, 0.1) is 36.4 Å². The molecule has 0 aliphatic carbocycles. The maximum Gasteiger partial charge on any atom is 0.258 e. The van der Waals surface area contributed by atoms with Crippen molar-refractivity contribution >= 4 is 5.91 Å². The summed E-state index contributed by atoms with van der Waals surface area (Å²) in [4.78, 5) is 15.9. The van der Waals surface area contributed by atoms with Gasteiger partial charge in [-0.1, -0.05) is 11.6 Å². The second-order valence-electron chi connectivity index (χ2n) is 5.38. The number of aromatic nitrogens is 3. The Bertz CT molecular complexity index is 671. The lowest BCUT2D eigenvalue weighted by Gasteiger charge is -2.22. The van der Waals surface area contributed by atoms with Gasteiger partial charge in [0.15, 0.2) is 6.23 Å². The maximum atomic E-state index is 12.9. The summed E-state index contributed by atoms with van der Waals surface area (Å²) in [5.74, 6) is -0.195. The highest BCUT2D eigenvalue weighted by Crippen LogP contribution is 2.23. The van der Waals surface area contributed by atoms with Gasteiger partial charge in [0.2, 0.25) is 0 Å². The summed E-state index contributed by atoms with van der Waals surface area (Å²) >= 11 is 0. The van der Waals surface area contributed by atoms with Gasteiger partial charge in [-0.05, 0) is 26.0 Å². The van der Waals surface area contributed by atoms with E-state index in [2.05, 4.69) is 10.2 Å². The molecule has 0 radical (unpaired) electrons. The standard InChI is InChI=1S/C15H18N4O3/c1-10-3-4-13(19-16-5-6-17-19)12(7-10)15(21)18-8-11(2)22-14(18)9-20/h3-7,11,14,20H,8-9H2,1-2H3. The Hall–Kier alpha value is -2.25. The molecule has 116 valence electrons. The van der Waals surface area contributed by atoms with Gasteiger partial charge in [-0.15, -0.1) is 0 Å². The van der Waals surface area contributed by atoms with Crippen LogP contribution in [0.25, 0.3) is 5.69 Å². The highest BCUT2D eigenvalue weighted by Gasteiger charge is 2.35. The molecule has 0 bridgehead atoms. The molecule has 1 saturated heterocycles. The number of carbonyl (C=O) groups excluding carboxylic acids is 1. The van der Waals surface area contributed by atoms with E-state index in [1.54, 1.807) is 23.4 Å². The normalized spacial score (nSPS) is 21.3. The van der Waals surface area contributed by atoms with Gasteiger partial charge < -0.3 is 14.7 Å². The van der Waals surface area contributed by atoms with Crippen molar-refractivity contribution in [3.63, 3.8) is 0 Å². The number of benzene rings is 1. The number of hydrogen-bond donors (Lipinski definition) is 1. The Labute approximate surface area is 128 Å². The average molecular weight is 302 g/mol. The van der Waals surface area contributed by atoms with Gasteiger partial charge in [-0.3, -0.25) is 4.79 Å². The van der Waals surface area contributed by atoms with Crippen molar-refractivity contribution in [2.75, 3.05) is 13.2 Å². The van der Waals surface area contributed by atoms with E-state index in [0.29, 0.717) is 17.8 Å². The fraction of sp³-hybridized carbons (Fsp3) is 0.400. The lowest BCUT2D eigenvalue weighted by Crippen LogP contribution is -2.39. The minimum absolute atomic E-state index is 0.0998. The Balaban J connectivity index is 2.00. The monoisotopic (exact) mass is 302 g/mol. The van der Waals surface area contributed by atoms with Crippen molar-refractivity contribution in [2.45, 2.75) is 26.2 Å². The van der Waals surface area contributed by atoms with E-state index < -0.39 is 6.23 Å². The highest BCUT2D eigenvalue weighted by atomic mass is 16.5. The summed E-state index contributed by atoms with van der Waals surface area (Å²) in [6, 6.07) is 5.53. The zero-order chi connectivity index (χ0) is 15.7. The number of aryl methyl sites for hydroxylation is 1. The summed E-state index contributed by atoms with van der Waals surface area (Å²) in [6.45, 7) is 4.02. The Morgan fingerprint density at radius 1 is 1.41 bits per heavy atom. The number of nitrogens with zero attached hydrogens (tertiary/aromatic N) is 4. The fourth-order valence-corrected chi connectivity index (χ4v) is 2.62. The molecule has 0 saturated carbocycles. The smallest absolute Gasteiger partial charge is 0.258 e. The molecule has 2 aromatic rings. The first-order valence-corrected chi connectivity index (χ1v) is 7.15. The topological polar surface area (TPSA) is 80.5 Å². The predicted octanol–water partition coefficient (Wildman–Crippen LogP) is 0.755. The molecule has 1 amide bonds. The van der Waals surface area contributed by atoms with Crippen LogP contribution in [0.4, 0.5) is 0 Å². The van der Waals surface area contributed by atoms with Gasteiger partial charge in [-0.25, -0.2) is 0 Å². The van der Waals surface area contributed by atoms with E-state index in [1.165, 1.54) is 4.80 Å². The van der Waals surface area contributed by atoms with Crippen LogP contribution in [0.15, 0.2) is 30.6 Å². The SMILES string of the molecule is Cc1ccc(-n2nccn2)c(C(=O)N2CC(C)OC2CO)c1. The summed E-state index contributed by atoms with van der Waals surface area (Å²) < 4.78 is 5.54. The molecule has 3 rings (SSSR count). The zero-order valence-corrected chi connectivity index (χ0v) is 12.5. The minimum Gasteiger partial charge on any atom is -0.392 e. The summed E-state index contributed by atoms with van der Waals surface area (Å²) in [5, 5.41) is 17.6. The molecule has 2 unspecified atom stereocenters. The van der Waals surface area contributed by atoms with Gasteiger partial charge in [0, 0.05) is 6.54 Å². The van der Waals surface area contributed by atoms with Crippen LogP contribution in [-0.4, -0.2) is 56.4 Å². The number of hydrogen-bond acceptors (Lipinski definition) is 5. The van der Waals surface area contributed by atoms with E-state index in [1.807, 2.05) is 26.0 Å². The van der Waals surface area contributed by atoms with Crippen LogP contribution in [-0.2, 0) is 4.74 Å².